The molecule has 10 aromatic rings. The maximum Gasteiger partial charge on any atom is 0.164 e. The van der Waals surface area contributed by atoms with E-state index in [1.807, 2.05) is 18.2 Å². The highest BCUT2D eigenvalue weighted by Gasteiger charge is 2.24. The number of furan rings is 1. The lowest BCUT2D eigenvalue weighted by molar-refractivity contribution is 0.669. The molecule has 0 atom stereocenters. The molecule has 0 amide bonds. The maximum absolute atomic E-state index is 6.43. The highest BCUT2D eigenvalue weighted by Crippen LogP contribution is 2.48. The molecule has 0 aliphatic heterocycles. The van der Waals surface area contributed by atoms with Crippen LogP contribution in [0.5, 0.6) is 0 Å². The second-order valence-electron chi connectivity index (χ2n) is 13.2. The number of aromatic nitrogens is 3. The van der Waals surface area contributed by atoms with Crippen molar-refractivity contribution in [1.82, 2.24) is 15.0 Å². The molecule has 0 radical (unpaired) electrons. The van der Waals surface area contributed by atoms with Gasteiger partial charge in [0.1, 0.15) is 11.2 Å². The van der Waals surface area contributed by atoms with Crippen molar-refractivity contribution in [2.75, 3.05) is 0 Å². The quantitative estimate of drug-likeness (QED) is 0.190. The van der Waals surface area contributed by atoms with Crippen molar-refractivity contribution in [2.45, 2.75) is 0 Å². The fraction of sp³-hybridized carbons (Fsp3) is 0. The van der Waals surface area contributed by atoms with Gasteiger partial charge in [0.2, 0.25) is 0 Å². The van der Waals surface area contributed by atoms with Crippen molar-refractivity contribution in [3.63, 3.8) is 0 Å². The molecule has 2 aromatic heterocycles. The van der Waals surface area contributed by atoms with Gasteiger partial charge in [-0.2, -0.15) is 0 Å². The van der Waals surface area contributed by atoms with E-state index >= 15 is 0 Å². The average molecular weight is 650 g/mol. The molecule has 8 aromatic carbocycles. The molecule has 0 unspecified atom stereocenters. The monoisotopic (exact) mass is 649 g/mol. The van der Waals surface area contributed by atoms with Gasteiger partial charge in [-0.1, -0.05) is 127 Å². The van der Waals surface area contributed by atoms with Gasteiger partial charge in [0.25, 0.3) is 0 Å². The lowest BCUT2D eigenvalue weighted by Crippen LogP contribution is -2.00. The first-order valence-corrected chi connectivity index (χ1v) is 17.2. The van der Waals surface area contributed by atoms with Gasteiger partial charge in [0, 0.05) is 27.5 Å². The highest BCUT2D eigenvalue weighted by atomic mass is 16.3. The summed E-state index contributed by atoms with van der Waals surface area (Å²) in [6, 6.07) is 57.4. The van der Waals surface area contributed by atoms with Crippen LogP contribution in [-0.4, -0.2) is 15.0 Å². The van der Waals surface area contributed by atoms with E-state index in [-0.39, 0.29) is 0 Å². The first-order chi connectivity index (χ1) is 25.2. The minimum atomic E-state index is 0.604. The summed E-state index contributed by atoms with van der Waals surface area (Å²) in [6.07, 6.45) is 0. The van der Waals surface area contributed by atoms with Gasteiger partial charge in [0.05, 0.1) is 0 Å². The number of benzene rings is 8. The Hall–Kier alpha value is -6.91. The molecule has 51 heavy (non-hydrogen) atoms. The zero-order valence-corrected chi connectivity index (χ0v) is 27.3. The predicted molar refractivity (Wildman–Crippen MR) is 208 cm³/mol. The largest absolute Gasteiger partial charge is 0.456 e. The molecule has 0 fully saturated rings. The Balaban J connectivity index is 1.17. The summed E-state index contributed by atoms with van der Waals surface area (Å²) in [7, 11) is 0. The van der Waals surface area contributed by atoms with E-state index in [1.165, 1.54) is 38.4 Å². The molecule has 4 heteroatoms. The Labute approximate surface area is 293 Å². The molecule has 1 aliphatic carbocycles. The molecular weight excluding hydrogens is 623 g/mol. The first-order valence-electron chi connectivity index (χ1n) is 17.2. The van der Waals surface area contributed by atoms with Gasteiger partial charge in [-0.3, -0.25) is 0 Å². The molecule has 0 saturated heterocycles. The van der Waals surface area contributed by atoms with Crippen LogP contribution >= 0.6 is 0 Å². The third-order valence-corrected chi connectivity index (χ3v) is 10.2. The minimum Gasteiger partial charge on any atom is -0.456 e. The van der Waals surface area contributed by atoms with Crippen molar-refractivity contribution < 1.29 is 4.42 Å². The standard InChI is InChI=1S/C47H27N3O/c1-2-10-28(11-3-1)31-22-23-41-40(26-31)44-38(18-9-19-42(44)51-41)47-49-45(33-21-20-29-12-4-5-13-30(29)24-33)48-46(50-47)34-25-32-14-8-17-37-35-15-6-7-16-36(35)39(27-34)43(32)37/h1-27H. The van der Waals surface area contributed by atoms with Crippen LogP contribution in [0.2, 0.25) is 0 Å². The summed E-state index contributed by atoms with van der Waals surface area (Å²) in [5, 5.41) is 6.77. The second-order valence-corrected chi connectivity index (χ2v) is 13.2. The van der Waals surface area contributed by atoms with E-state index in [2.05, 4.69) is 146 Å². The Morgan fingerprint density at radius 2 is 0.961 bits per heavy atom. The minimum absolute atomic E-state index is 0.604. The van der Waals surface area contributed by atoms with E-state index in [1.54, 1.807) is 0 Å². The normalized spacial score (nSPS) is 11.9. The van der Waals surface area contributed by atoms with Gasteiger partial charge in [-0.15, -0.1) is 0 Å². The van der Waals surface area contributed by atoms with E-state index in [0.717, 1.165) is 55.1 Å². The molecule has 4 nitrogen and oxygen atoms in total. The topological polar surface area (TPSA) is 51.8 Å². The second kappa shape index (κ2) is 10.8. The Morgan fingerprint density at radius 1 is 0.314 bits per heavy atom. The summed E-state index contributed by atoms with van der Waals surface area (Å²) in [5.74, 6) is 1.86. The molecule has 0 spiro atoms. The highest BCUT2D eigenvalue weighted by molar-refractivity contribution is 6.16. The first kappa shape index (κ1) is 28.0. The van der Waals surface area contributed by atoms with Crippen molar-refractivity contribution in [2.24, 2.45) is 0 Å². The van der Waals surface area contributed by atoms with Crippen molar-refractivity contribution in [3.8, 4) is 67.5 Å². The summed E-state index contributed by atoms with van der Waals surface area (Å²) in [6.45, 7) is 0. The molecule has 0 saturated carbocycles. The third kappa shape index (κ3) is 4.37. The zero-order valence-electron chi connectivity index (χ0n) is 27.3. The molecule has 1 aliphatic rings. The van der Waals surface area contributed by atoms with E-state index in [0.29, 0.717) is 17.5 Å². The Bertz CT molecular complexity index is 3030. The van der Waals surface area contributed by atoms with E-state index in [4.69, 9.17) is 19.4 Å². The molecule has 236 valence electrons. The summed E-state index contributed by atoms with van der Waals surface area (Å²) < 4.78 is 6.43. The predicted octanol–water partition coefficient (Wildman–Crippen LogP) is 12.4. The molecular formula is C47H27N3O. The van der Waals surface area contributed by atoms with Crippen molar-refractivity contribution >= 4 is 43.5 Å². The maximum atomic E-state index is 6.43. The Morgan fingerprint density at radius 3 is 1.84 bits per heavy atom. The number of rotatable bonds is 4. The van der Waals surface area contributed by atoms with Crippen LogP contribution in [0.15, 0.2) is 168 Å². The van der Waals surface area contributed by atoms with Crippen LogP contribution in [0.1, 0.15) is 0 Å². The summed E-state index contributed by atoms with van der Waals surface area (Å²) in [5.41, 5.74) is 11.7. The fourth-order valence-corrected chi connectivity index (χ4v) is 7.85. The third-order valence-electron chi connectivity index (χ3n) is 10.2. The Kier molecular flexibility index (Phi) is 5.92. The van der Waals surface area contributed by atoms with Gasteiger partial charge in [-0.05, 0) is 91.3 Å². The molecule has 11 rings (SSSR count). The molecule has 0 N–H and O–H groups in total. The van der Waals surface area contributed by atoms with Gasteiger partial charge < -0.3 is 4.42 Å². The van der Waals surface area contributed by atoms with Crippen LogP contribution in [0.25, 0.3) is 111 Å². The average Bonchev–Trinajstić information content (AvgIpc) is 3.74. The summed E-state index contributed by atoms with van der Waals surface area (Å²) >= 11 is 0. The number of hydrogen-bond donors (Lipinski definition) is 0. The van der Waals surface area contributed by atoms with Gasteiger partial charge in [0.15, 0.2) is 17.5 Å². The van der Waals surface area contributed by atoms with Crippen LogP contribution in [0.3, 0.4) is 0 Å². The summed E-state index contributed by atoms with van der Waals surface area (Å²) in [4.78, 5) is 15.7. The SMILES string of the molecule is c1ccc(-c2ccc3oc4cccc(-c5nc(-c6ccc7ccccc7c6)nc(-c6cc7c8c(cccc8c6)-c6ccccc6-7)n5)c4c3c2)cc1. The van der Waals surface area contributed by atoms with Crippen molar-refractivity contribution in [1.29, 1.82) is 0 Å². The van der Waals surface area contributed by atoms with Crippen LogP contribution < -0.4 is 0 Å². The van der Waals surface area contributed by atoms with Gasteiger partial charge in [-0.25, -0.2) is 15.0 Å². The van der Waals surface area contributed by atoms with Gasteiger partial charge >= 0.3 is 0 Å². The molecule has 2 heterocycles. The number of fused-ring (bicyclic) bond motifs is 7. The fourth-order valence-electron chi connectivity index (χ4n) is 7.85. The number of nitrogens with zero attached hydrogens (tertiary/aromatic N) is 3. The smallest absolute Gasteiger partial charge is 0.164 e. The number of hydrogen-bond acceptors (Lipinski definition) is 4. The lowest BCUT2D eigenvalue weighted by Gasteiger charge is -2.11. The van der Waals surface area contributed by atoms with E-state index in [9.17, 15) is 0 Å². The zero-order chi connectivity index (χ0) is 33.5. The van der Waals surface area contributed by atoms with Crippen LogP contribution in [-0.2, 0) is 0 Å². The van der Waals surface area contributed by atoms with Crippen LogP contribution in [0.4, 0.5) is 0 Å². The van der Waals surface area contributed by atoms with Crippen LogP contribution in [0, 0.1) is 0 Å². The molecule has 0 bridgehead atoms. The van der Waals surface area contributed by atoms with E-state index < -0.39 is 0 Å². The lowest BCUT2D eigenvalue weighted by atomic mass is 9.99. The van der Waals surface area contributed by atoms with Crippen molar-refractivity contribution in [3.05, 3.63) is 164 Å².